The molecule has 3 aliphatic rings. The van der Waals surface area contributed by atoms with Crippen molar-refractivity contribution < 1.29 is 23.4 Å². The smallest absolute Gasteiger partial charge is 0.327 e. The molecule has 0 saturated carbocycles. The molecule has 2 aromatic rings. The van der Waals surface area contributed by atoms with Crippen LogP contribution in [-0.4, -0.2) is 55.9 Å². The molecule has 1 aromatic carbocycles. The molecule has 38 heavy (non-hydrogen) atoms. The largest absolute Gasteiger partial charge is 0.468 e. The van der Waals surface area contributed by atoms with Crippen LogP contribution in [0.5, 0.6) is 0 Å². The summed E-state index contributed by atoms with van der Waals surface area (Å²) in [6, 6.07) is 8.52. The molecule has 1 unspecified atom stereocenters. The van der Waals surface area contributed by atoms with E-state index in [1.807, 2.05) is 0 Å². The Hall–Kier alpha value is -2.35. The summed E-state index contributed by atoms with van der Waals surface area (Å²) in [7, 11) is 1.41. The molecule has 0 bridgehead atoms. The number of fused-ring (bicyclic) bond motifs is 1. The Bertz CT molecular complexity index is 1090. The van der Waals surface area contributed by atoms with E-state index in [0.29, 0.717) is 31.3 Å². The van der Waals surface area contributed by atoms with E-state index in [0.717, 1.165) is 75.7 Å². The number of benzene rings is 1. The first-order valence-electron chi connectivity index (χ1n) is 14.4. The average molecular weight is 525 g/mol. The second-order valence-corrected chi connectivity index (χ2v) is 11.0. The van der Waals surface area contributed by atoms with Crippen LogP contribution in [0.15, 0.2) is 30.3 Å². The van der Waals surface area contributed by atoms with Gasteiger partial charge in [0.2, 0.25) is 0 Å². The minimum absolute atomic E-state index is 0.108. The summed E-state index contributed by atoms with van der Waals surface area (Å²) < 4.78 is 31.6. The molecule has 2 saturated heterocycles. The summed E-state index contributed by atoms with van der Waals surface area (Å²) >= 11 is 0. The number of likely N-dealkylation sites (tertiary alicyclic amines) is 1. The lowest BCUT2D eigenvalue weighted by Gasteiger charge is -2.31. The van der Waals surface area contributed by atoms with E-state index in [1.54, 1.807) is 6.07 Å². The van der Waals surface area contributed by atoms with Crippen LogP contribution in [0, 0.1) is 11.7 Å². The number of carbonyl (C=O) groups excluding carboxylic acids is 1. The Morgan fingerprint density at radius 3 is 2.87 bits per heavy atom. The second kappa shape index (κ2) is 13.1. The predicted octanol–water partition coefficient (Wildman–Crippen LogP) is 5.53. The van der Waals surface area contributed by atoms with Gasteiger partial charge < -0.3 is 14.2 Å². The molecule has 1 aliphatic carbocycles. The van der Waals surface area contributed by atoms with E-state index in [1.165, 1.54) is 43.3 Å². The lowest BCUT2D eigenvalue weighted by atomic mass is 9.92. The maximum absolute atomic E-state index is 14.4. The van der Waals surface area contributed by atoms with E-state index in [9.17, 15) is 9.18 Å². The molecule has 3 heterocycles. The summed E-state index contributed by atoms with van der Waals surface area (Å²) in [5.41, 5.74) is 5.39. The maximum Gasteiger partial charge on any atom is 0.327 e. The van der Waals surface area contributed by atoms with E-state index >= 15 is 0 Å². The molecule has 0 amide bonds. The van der Waals surface area contributed by atoms with Crippen LogP contribution in [0.2, 0.25) is 0 Å². The highest BCUT2D eigenvalue weighted by molar-refractivity contribution is 5.78. The van der Waals surface area contributed by atoms with Crippen molar-refractivity contribution in [3.8, 4) is 0 Å². The van der Waals surface area contributed by atoms with E-state index in [-0.39, 0.29) is 17.9 Å². The highest BCUT2D eigenvalue weighted by Gasteiger charge is 2.37. The number of methoxy groups -OCH3 is 1. The summed E-state index contributed by atoms with van der Waals surface area (Å²) in [4.78, 5) is 20.0. The number of nitrogens with zero attached hydrogens (tertiary/aromatic N) is 2. The normalized spacial score (nSPS) is 22.7. The Labute approximate surface area is 225 Å². The maximum atomic E-state index is 14.4. The van der Waals surface area contributed by atoms with Crippen LogP contribution in [0.1, 0.15) is 85.2 Å². The van der Waals surface area contributed by atoms with Crippen molar-refractivity contribution in [1.29, 1.82) is 0 Å². The number of aromatic nitrogens is 1. The number of rotatable bonds is 10. The third-order valence-electron chi connectivity index (χ3n) is 8.39. The SMILES string of the molecule is COC(=O)C(c1cc(F)ccc1[C@@H]1CCCCO1)N1CC[C@@H](CCOCCc2ccc3c(n2)CCCC3)C1. The molecule has 5 rings (SSSR count). The van der Waals surface area contributed by atoms with Crippen LogP contribution in [0.25, 0.3) is 0 Å². The Balaban J connectivity index is 1.15. The van der Waals surface area contributed by atoms with Gasteiger partial charge in [0.05, 0.1) is 19.8 Å². The van der Waals surface area contributed by atoms with Gasteiger partial charge in [-0.1, -0.05) is 12.1 Å². The molecular weight excluding hydrogens is 483 g/mol. The van der Waals surface area contributed by atoms with Gasteiger partial charge in [-0.3, -0.25) is 9.88 Å². The average Bonchev–Trinajstić information content (AvgIpc) is 3.41. The van der Waals surface area contributed by atoms with Crippen LogP contribution in [-0.2, 0) is 38.3 Å². The molecular formula is C31H41FN2O4. The lowest BCUT2D eigenvalue weighted by molar-refractivity contribution is -0.147. The number of aryl methyl sites for hydroxylation is 2. The molecule has 0 radical (unpaired) electrons. The van der Waals surface area contributed by atoms with Gasteiger partial charge in [0, 0.05) is 37.6 Å². The van der Waals surface area contributed by atoms with E-state index in [2.05, 4.69) is 17.0 Å². The first-order valence-corrected chi connectivity index (χ1v) is 14.4. The van der Waals surface area contributed by atoms with Gasteiger partial charge in [-0.05, 0) is 105 Å². The molecule has 3 atom stereocenters. The quantitative estimate of drug-likeness (QED) is 0.301. The number of pyridine rings is 1. The van der Waals surface area contributed by atoms with Gasteiger partial charge in [-0.25, -0.2) is 9.18 Å². The van der Waals surface area contributed by atoms with Crippen molar-refractivity contribution in [3.05, 3.63) is 64.2 Å². The van der Waals surface area contributed by atoms with Gasteiger partial charge in [0.15, 0.2) is 0 Å². The zero-order valence-corrected chi connectivity index (χ0v) is 22.6. The van der Waals surface area contributed by atoms with Crippen molar-refractivity contribution in [2.24, 2.45) is 5.92 Å². The van der Waals surface area contributed by atoms with Crippen molar-refractivity contribution in [3.63, 3.8) is 0 Å². The number of hydrogen-bond acceptors (Lipinski definition) is 6. The molecule has 2 aliphatic heterocycles. The Kier molecular flexibility index (Phi) is 9.41. The Morgan fingerprint density at radius 1 is 1.13 bits per heavy atom. The van der Waals surface area contributed by atoms with Crippen molar-refractivity contribution in [1.82, 2.24) is 9.88 Å². The fourth-order valence-electron chi connectivity index (χ4n) is 6.27. The minimum Gasteiger partial charge on any atom is -0.468 e. The molecule has 206 valence electrons. The first-order chi connectivity index (χ1) is 18.6. The summed E-state index contributed by atoms with van der Waals surface area (Å²) in [6.07, 6.45) is 10.4. The van der Waals surface area contributed by atoms with Crippen molar-refractivity contribution >= 4 is 5.97 Å². The molecule has 0 N–H and O–H groups in total. The third kappa shape index (κ3) is 6.61. The van der Waals surface area contributed by atoms with E-state index in [4.69, 9.17) is 19.2 Å². The number of hydrogen-bond donors (Lipinski definition) is 0. The van der Waals surface area contributed by atoms with Crippen molar-refractivity contribution in [2.75, 3.05) is 40.0 Å². The predicted molar refractivity (Wildman–Crippen MR) is 143 cm³/mol. The second-order valence-electron chi connectivity index (χ2n) is 11.0. The standard InChI is InChI=1S/C31H41FN2O4/c1-36-31(35)30(27-20-24(32)10-12-26(27)29-8-4-5-17-38-29)34-16-13-22(21-34)14-18-37-19-15-25-11-9-23-6-2-3-7-28(23)33-25/h9-12,20,22,29-30H,2-8,13-19,21H2,1H3/t22-,29-,30?/m0/s1. The fourth-order valence-corrected chi connectivity index (χ4v) is 6.27. The zero-order valence-electron chi connectivity index (χ0n) is 22.6. The Morgan fingerprint density at radius 2 is 2.03 bits per heavy atom. The summed E-state index contributed by atoms with van der Waals surface area (Å²) in [6.45, 7) is 3.58. The lowest BCUT2D eigenvalue weighted by Crippen LogP contribution is -2.34. The van der Waals surface area contributed by atoms with Gasteiger partial charge in [0.25, 0.3) is 0 Å². The summed E-state index contributed by atoms with van der Waals surface area (Å²) in [5, 5.41) is 0. The number of esters is 1. The zero-order chi connectivity index (χ0) is 26.3. The molecule has 1 aromatic heterocycles. The van der Waals surface area contributed by atoms with Crippen LogP contribution >= 0.6 is 0 Å². The van der Waals surface area contributed by atoms with Gasteiger partial charge in [0.1, 0.15) is 11.9 Å². The van der Waals surface area contributed by atoms with Crippen LogP contribution in [0.3, 0.4) is 0 Å². The number of ether oxygens (including phenoxy) is 3. The van der Waals surface area contributed by atoms with Crippen molar-refractivity contribution in [2.45, 2.75) is 76.4 Å². The van der Waals surface area contributed by atoms with Gasteiger partial charge in [-0.15, -0.1) is 0 Å². The minimum atomic E-state index is -0.628. The topological polar surface area (TPSA) is 60.9 Å². The van der Waals surface area contributed by atoms with E-state index < -0.39 is 6.04 Å². The summed E-state index contributed by atoms with van der Waals surface area (Å²) in [5.74, 6) is -0.264. The monoisotopic (exact) mass is 524 g/mol. The molecule has 7 heteroatoms. The third-order valence-corrected chi connectivity index (χ3v) is 8.39. The first kappa shape index (κ1) is 27.2. The highest BCUT2D eigenvalue weighted by atomic mass is 19.1. The van der Waals surface area contributed by atoms with Gasteiger partial charge >= 0.3 is 5.97 Å². The highest BCUT2D eigenvalue weighted by Crippen LogP contribution is 2.38. The molecule has 2 fully saturated rings. The number of carbonyl (C=O) groups is 1. The fraction of sp³-hybridized carbons (Fsp3) is 0.613. The number of halogens is 1. The van der Waals surface area contributed by atoms with Crippen LogP contribution in [0.4, 0.5) is 4.39 Å². The molecule has 0 spiro atoms. The van der Waals surface area contributed by atoms with Gasteiger partial charge in [-0.2, -0.15) is 0 Å². The molecule has 6 nitrogen and oxygen atoms in total. The van der Waals surface area contributed by atoms with Crippen LogP contribution < -0.4 is 0 Å².